The quantitative estimate of drug-likeness (QED) is 0.690. The standard InChI is InChI=1S/C14H13Cl/c1-2-12-13(9-6-10-14(12)15)11-7-4-3-5-8-11/h3-10H,2H2,1H3. The van der Waals surface area contributed by atoms with Crippen LogP contribution in [0.15, 0.2) is 48.5 Å². The minimum atomic E-state index is 0.860. The Hall–Kier alpha value is -1.27. The van der Waals surface area contributed by atoms with Crippen molar-refractivity contribution in [2.24, 2.45) is 0 Å². The number of halogens is 1. The van der Waals surface area contributed by atoms with E-state index in [1.165, 1.54) is 16.7 Å². The fourth-order valence-corrected chi connectivity index (χ4v) is 2.11. The number of hydrogen-bond acceptors (Lipinski definition) is 0. The maximum Gasteiger partial charge on any atom is 0.0444 e. The molecular weight excluding hydrogens is 204 g/mol. The lowest BCUT2D eigenvalue weighted by Crippen LogP contribution is -1.88. The SMILES string of the molecule is CCc1c(Cl)cccc1-c1ccccc1. The van der Waals surface area contributed by atoms with E-state index < -0.39 is 0 Å². The van der Waals surface area contributed by atoms with Gasteiger partial charge >= 0.3 is 0 Å². The van der Waals surface area contributed by atoms with Crippen molar-refractivity contribution in [3.05, 3.63) is 59.1 Å². The molecule has 2 aromatic rings. The summed E-state index contributed by atoms with van der Waals surface area (Å²) in [5, 5.41) is 0.860. The molecule has 2 rings (SSSR count). The van der Waals surface area contributed by atoms with Gasteiger partial charge in [0.15, 0.2) is 0 Å². The van der Waals surface area contributed by atoms with E-state index in [-0.39, 0.29) is 0 Å². The summed E-state index contributed by atoms with van der Waals surface area (Å²) in [6, 6.07) is 16.4. The minimum absolute atomic E-state index is 0.860. The van der Waals surface area contributed by atoms with Gasteiger partial charge in [-0.15, -0.1) is 0 Å². The largest absolute Gasteiger partial charge is 0.0840 e. The van der Waals surface area contributed by atoms with Crippen LogP contribution in [0.25, 0.3) is 11.1 Å². The van der Waals surface area contributed by atoms with Crippen LogP contribution < -0.4 is 0 Å². The minimum Gasteiger partial charge on any atom is -0.0840 e. The van der Waals surface area contributed by atoms with Gasteiger partial charge in [-0.25, -0.2) is 0 Å². The first kappa shape index (κ1) is 10.3. The predicted octanol–water partition coefficient (Wildman–Crippen LogP) is 4.57. The average molecular weight is 217 g/mol. The summed E-state index contributed by atoms with van der Waals surface area (Å²) in [6.45, 7) is 2.13. The second kappa shape index (κ2) is 4.50. The van der Waals surface area contributed by atoms with E-state index in [4.69, 9.17) is 11.6 Å². The lowest BCUT2D eigenvalue weighted by atomic mass is 9.98. The molecule has 0 aliphatic rings. The lowest BCUT2D eigenvalue weighted by molar-refractivity contribution is 1.14. The Balaban J connectivity index is 2.58. The highest BCUT2D eigenvalue weighted by atomic mass is 35.5. The van der Waals surface area contributed by atoms with Gasteiger partial charge in [-0.1, -0.05) is 61.0 Å². The predicted molar refractivity (Wildman–Crippen MR) is 66.3 cm³/mol. The van der Waals surface area contributed by atoms with E-state index in [1.807, 2.05) is 18.2 Å². The van der Waals surface area contributed by atoms with E-state index in [9.17, 15) is 0 Å². The zero-order valence-electron chi connectivity index (χ0n) is 8.70. The van der Waals surface area contributed by atoms with Crippen molar-refractivity contribution in [3.8, 4) is 11.1 Å². The zero-order valence-corrected chi connectivity index (χ0v) is 9.46. The summed E-state index contributed by atoms with van der Waals surface area (Å²) in [5.41, 5.74) is 3.70. The van der Waals surface area contributed by atoms with Crippen LogP contribution in [-0.2, 0) is 6.42 Å². The van der Waals surface area contributed by atoms with E-state index in [0.717, 1.165) is 11.4 Å². The Morgan fingerprint density at radius 1 is 0.933 bits per heavy atom. The van der Waals surface area contributed by atoms with Gasteiger partial charge < -0.3 is 0 Å². The molecule has 0 saturated heterocycles. The van der Waals surface area contributed by atoms with Gasteiger partial charge in [0, 0.05) is 5.02 Å². The lowest BCUT2D eigenvalue weighted by Gasteiger charge is -2.09. The molecule has 0 saturated carbocycles. The molecule has 0 bridgehead atoms. The van der Waals surface area contributed by atoms with E-state index in [0.29, 0.717) is 0 Å². The van der Waals surface area contributed by atoms with E-state index >= 15 is 0 Å². The van der Waals surface area contributed by atoms with E-state index in [1.54, 1.807) is 0 Å². The van der Waals surface area contributed by atoms with Crippen molar-refractivity contribution in [2.45, 2.75) is 13.3 Å². The fourth-order valence-electron chi connectivity index (χ4n) is 1.81. The van der Waals surface area contributed by atoms with Gasteiger partial charge in [0.1, 0.15) is 0 Å². The maximum absolute atomic E-state index is 6.18. The van der Waals surface area contributed by atoms with Crippen molar-refractivity contribution >= 4 is 11.6 Å². The molecule has 1 heteroatoms. The number of rotatable bonds is 2. The molecule has 0 spiro atoms. The molecule has 0 radical (unpaired) electrons. The maximum atomic E-state index is 6.18. The molecule has 15 heavy (non-hydrogen) atoms. The first-order valence-corrected chi connectivity index (χ1v) is 5.53. The molecule has 0 atom stereocenters. The van der Waals surface area contributed by atoms with Gasteiger partial charge in [-0.05, 0) is 29.2 Å². The van der Waals surface area contributed by atoms with Crippen molar-refractivity contribution < 1.29 is 0 Å². The first-order valence-electron chi connectivity index (χ1n) is 5.15. The molecule has 0 unspecified atom stereocenters. The van der Waals surface area contributed by atoms with Gasteiger partial charge in [0.25, 0.3) is 0 Å². The third kappa shape index (κ3) is 2.05. The molecule has 2 aromatic carbocycles. The van der Waals surface area contributed by atoms with Crippen LogP contribution in [0.1, 0.15) is 12.5 Å². The highest BCUT2D eigenvalue weighted by molar-refractivity contribution is 6.31. The summed E-state index contributed by atoms with van der Waals surface area (Å²) in [4.78, 5) is 0. The highest BCUT2D eigenvalue weighted by Crippen LogP contribution is 2.29. The molecule has 0 aliphatic carbocycles. The van der Waals surface area contributed by atoms with Crippen LogP contribution in [0.4, 0.5) is 0 Å². The van der Waals surface area contributed by atoms with Crippen LogP contribution in [0.2, 0.25) is 5.02 Å². The number of hydrogen-bond donors (Lipinski definition) is 0. The average Bonchev–Trinajstić information content (AvgIpc) is 2.30. The summed E-state index contributed by atoms with van der Waals surface area (Å²) in [7, 11) is 0. The first-order chi connectivity index (χ1) is 7.33. The summed E-state index contributed by atoms with van der Waals surface area (Å²) < 4.78 is 0. The van der Waals surface area contributed by atoms with Crippen LogP contribution in [0.5, 0.6) is 0 Å². The molecule has 0 N–H and O–H groups in total. The normalized spacial score (nSPS) is 10.3. The molecule has 76 valence electrons. The monoisotopic (exact) mass is 216 g/mol. The summed E-state index contributed by atoms with van der Waals surface area (Å²) in [5.74, 6) is 0. The zero-order chi connectivity index (χ0) is 10.7. The Morgan fingerprint density at radius 2 is 1.67 bits per heavy atom. The van der Waals surface area contributed by atoms with Crippen LogP contribution in [0.3, 0.4) is 0 Å². The molecular formula is C14H13Cl. The highest BCUT2D eigenvalue weighted by Gasteiger charge is 2.05. The van der Waals surface area contributed by atoms with Crippen molar-refractivity contribution in [1.82, 2.24) is 0 Å². The topological polar surface area (TPSA) is 0 Å². The smallest absolute Gasteiger partial charge is 0.0444 e. The van der Waals surface area contributed by atoms with Crippen LogP contribution >= 0.6 is 11.6 Å². The third-order valence-corrected chi connectivity index (χ3v) is 2.91. The molecule has 0 fully saturated rings. The van der Waals surface area contributed by atoms with Gasteiger partial charge in [-0.3, -0.25) is 0 Å². The Bertz CT molecular complexity index is 446. The van der Waals surface area contributed by atoms with Crippen LogP contribution in [-0.4, -0.2) is 0 Å². The second-order valence-electron chi connectivity index (χ2n) is 3.49. The molecule has 0 aliphatic heterocycles. The summed E-state index contributed by atoms with van der Waals surface area (Å²) >= 11 is 6.18. The van der Waals surface area contributed by atoms with Crippen molar-refractivity contribution in [3.63, 3.8) is 0 Å². The van der Waals surface area contributed by atoms with Crippen LogP contribution in [0, 0.1) is 0 Å². The Morgan fingerprint density at radius 3 is 2.33 bits per heavy atom. The summed E-state index contributed by atoms with van der Waals surface area (Å²) in [6.07, 6.45) is 0.962. The number of benzene rings is 2. The Kier molecular flexibility index (Phi) is 3.08. The Labute approximate surface area is 95.5 Å². The fraction of sp³-hybridized carbons (Fsp3) is 0.143. The van der Waals surface area contributed by atoms with E-state index in [2.05, 4.69) is 37.3 Å². The van der Waals surface area contributed by atoms with Gasteiger partial charge in [0.05, 0.1) is 0 Å². The molecule has 0 heterocycles. The molecule has 0 nitrogen and oxygen atoms in total. The second-order valence-corrected chi connectivity index (χ2v) is 3.89. The molecule has 0 amide bonds. The molecule has 0 aromatic heterocycles. The van der Waals surface area contributed by atoms with Crippen molar-refractivity contribution in [2.75, 3.05) is 0 Å². The van der Waals surface area contributed by atoms with Crippen molar-refractivity contribution in [1.29, 1.82) is 0 Å². The third-order valence-electron chi connectivity index (χ3n) is 2.56. The van der Waals surface area contributed by atoms with Gasteiger partial charge in [0.2, 0.25) is 0 Å². The van der Waals surface area contributed by atoms with Gasteiger partial charge in [-0.2, -0.15) is 0 Å².